The van der Waals surface area contributed by atoms with Gasteiger partial charge < -0.3 is 10.4 Å². The van der Waals surface area contributed by atoms with Crippen LogP contribution in [0.4, 0.5) is 5.69 Å². The van der Waals surface area contributed by atoms with Crippen molar-refractivity contribution in [2.45, 2.75) is 13.3 Å². The molecule has 1 aromatic carbocycles. The van der Waals surface area contributed by atoms with E-state index >= 15 is 0 Å². The largest absolute Gasteiger partial charge is 0.478 e. The minimum atomic E-state index is -0.902. The van der Waals surface area contributed by atoms with Crippen molar-refractivity contribution in [1.82, 2.24) is 0 Å². The predicted octanol–water partition coefficient (Wildman–Crippen LogP) is 2.72. The van der Waals surface area contributed by atoms with E-state index in [-0.39, 0.29) is 0 Å². The van der Waals surface area contributed by atoms with Crippen LogP contribution in [0.2, 0.25) is 0 Å². The van der Waals surface area contributed by atoms with E-state index in [1.54, 1.807) is 24.3 Å². The van der Waals surface area contributed by atoms with Gasteiger partial charge in [-0.05, 0) is 36.9 Å². The van der Waals surface area contributed by atoms with Crippen LogP contribution in [0.15, 0.2) is 36.5 Å². The van der Waals surface area contributed by atoms with Crippen LogP contribution in [0.5, 0.6) is 0 Å². The summed E-state index contributed by atoms with van der Waals surface area (Å²) in [7, 11) is 0. The second kappa shape index (κ2) is 5.07. The Morgan fingerprint density at radius 1 is 1.43 bits per heavy atom. The molecule has 0 amide bonds. The first-order valence-electron chi connectivity index (χ1n) is 4.49. The molecule has 0 aromatic heterocycles. The molecule has 1 aromatic rings. The highest BCUT2D eigenvalue weighted by molar-refractivity contribution is 5.88. The summed E-state index contributed by atoms with van der Waals surface area (Å²) in [5.74, 6) is -0.902. The van der Waals surface area contributed by atoms with E-state index in [1.165, 1.54) is 0 Å². The molecule has 3 nitrogen and oxygen atoms in total. The molecule has 74 valence electrons. The van der Waals surface area contributed by atoms with Gasteiger partial charge >= 0.3 is 5.97 Å². The minimum Gasteiger partial charge on any atom is -0.478 e. The van der Waals surface area contributed by atoms with E-state index in [0.717, 1.165) is 12.1 Å². The third-order valence-electron chi connectivity index (χ3n) is 1.74. The number of carbonyl (C=O) groups is 1. The monoisotopic (exact) mass is 191 g/mol. The molecule has 0 atom stereocenters. The number of carboxylic acid groups (broad SMARTS) is 1. The molecule has 14 heavy (non-hydrogen) atoms. The Morgan fingerprint density at radius 3 is 2.57 bits per heavy atom. The van der Waals surface area contributed by atoms with Gasteiger partial charge in [-0.2, -0.15) is 0 Å². The molecular formula is C11H13NO2. The van der Waals surface area contributed by atoms with Crippen molar-refractivity contribution in [3.8, 4) is 0 Å². The van der Waals surface area contributed by atoms with E-state index < -0.39 is 5.97 Å². The summed E-state index contributed by atoms with van der Waals surface area (Å²) in [6.45, 7) is 2.05. The van der Waals surface area contributed by atoms with E-state index in [2.05, 4.69) is 5.32 Å². The van der Waals surface area contributed by atoms with Crippen LogP contribution >= 0.6 is 0 Å². The third kappa shape index (κ3) is 2.94. The van der Waals surface area contributed by atoms with Crippen LogP contribution in [0.25, 0.3) is 0 Å². The lowest BCUT2D eigenvalue weighted by Gasteiger charge is -2.00. The average Bonchev–Trinajstić information content (AvgIpc) is 2.19. The Hall–Kier alpha value is -1.77. The van der Waals surface area contributed by atoms with Gasteiger partial charge in [0.1, 0.15) is 0 Å². The highest BCUT2D eigenvalue weighted by Crippen LogP contribution is 2.09. The van der Waals surface area contributed by atoms with Crippen LogP contribution in [0.1, 0.15) is 23.7 Å². The van der Waals surface area contributed by atoms with Crippen LogP contribution in [-0.4, -0.2) is 11.1 Å². The standard InChI is InChI=1S/C11H13NO2/c1-2-3-8-12-10-6-4-9(5-7-10)11(13)14/h3-8,12H,2H2,1H3,(H,13,14). The molecule has 0 aliphatic heterocycles. The first-order valence-corrected chi connectivity index (χ1v) is 4.49. The predicted molar refractivity (Wildman–Crippen MR) is 56.5 cm³/mol. The molecule has 0 bridgehead atoms. The number of carboxylic acids is 1. The number of hydrogen-bond acceptors (Lipinski definition) is 2. The van der Waals surface area contributed by atoms with Crippen molar-refractivity contribution < 1.29 is 9.90 Å². The van der Waals surface area contributed by atoms with Crippen molar-refractivity contribution >= 4 is 11.7 Å². The first kappa shape index (κ1) is 10.3. The number of nitrogens with one attached hydrogen (secondary N) is 1. The summed E-state index contributed by atoms with van der Waals surface area (Å²) in [6.07, 6.45) is 4.81. The number of benzene rings is 1. The van der Waals surface area contributed by atoms with E-state index in [1.807, 2.05) is 19.2 Å². The highest BCUT2D eigenvalue weighted by atomic mass is 16.4. The summed E-state index contributed by atoms with van der Waals surface area (Å²) < 4.78 is 0. The zero-order chi connectivity index (χ0) is 10.4. The second-order valence-electron chi connectivity index (χ2n) is 2.84. The van der Waals surface area contributed by atoms with Crippen molar-refractivity contribution in [3.05, 3.63) is 42.1 Å². The molecule has 0 aliphatic rings. The fourth-order valence-electron chi connectivity index (χ4n) is 0.982. The fraction of sp³-hybridized carbons (Fsp3) is 0.182. The number of rotatable bonds is 4. The molecule has 0 saturated carbocycles. The molecule has 0 radical (unpaired) electrons. The first-order chi connectivity index (χ1) is 6.74. The van der Waals surface area contributed by atoms with Gasteiger partial charge in [0, 0.05) is 5.69 Å². The lowest BCUT2D eigenvalue weighted by atomic mass is 10.2. The zero-order valence-electron chi connectivity index (χ0n) is 8.03. The lowest BCUT2D eigenvalue weighted by molar-refractivity contribution is 0.0697. The van der Waals surface area contributed by atoms with Gasteiger partial charge in [0.15, 0.2) is 0 Å². The summed E-state index contributed by atoms with van der Waals surface area (Å²) in [6, 6.07) is 6.63. The average molecular weight is 191 g/mol. The number of hydrogen-bond donors (Lipinski definition) is 2. The fourth-order valence-corrected chi connectivity index (χ4v) is 0.982. The molecule has 0 spiro atoms. The van der Waals surface area contributed by atoms with Gasteiger partial charge in [0.05, 0.1) is 5.56 Å². The molecule has 0 heterocycles. The molecule has 3 heteroatoms. The number of allylic oxidation sites excluding steroid dienone is 1. The third-order valence-corrected chi connectivity index (χ3v) is 1.74. The van der Waals surface area contributed by atoms with Gasteiger partial charge in [0.25, 0.3) is 0 Å². The zero-order valence-corrected chi connectivity index (χ0v) is 8.03. The Balaban J connectivity index is 2.64. The van der Waals surface area contributed by atoms with Gasteiger partial charge in [-0.25, -0.2) is 4.79 Å². The van der Waals surface area contributed by atoms with Crippen LogP contribution < -0.4 is 5.32 Å². The number of anilines is 1. The molecule has 2 N–H and O–H groups in total. The summed E-state index contributed by atoms with van der Waals surface area (Å²) in [4.78, 5) is 10.5. The molecule has 0 unspecified atom stereocenters. The molecule has 0 aliphatic carbocycles. The van der Waals surface area contributed by atoms with Crippen LogP contribution in [0, 0.1) is 0 Å². The van der Waals surface area contributed by atoms with Crippen molar-refractivity contribution in [2.75, 3.05) is 5.32 Å². The maximum Gasteiger partial charge on any atom is 0.335 e. The molecule has 0 saturated heterocycles. The molecule has 1 rings (SSSR count). The molecular weight excluding hydrogens is 178 g/mol. The summed E-state index contributed by atoms with van der Waals surface area (Å²) in [5.41, 5.74) is 1.19. The van der Waals surface area contributed by atoms with Gasteiger partial charge in [-0.1, -0.05) is 13.0 Å². The van der Waals surface area contributed by atoms with E-state index in [0.29, 0.717) is 5.56 Å². The quantitative estimate of drug-likeness (QED) is 0.769. The Bertz CT molecular complexity index is 328. The van der Waals surface area contributed by atoms with Crippen molar-refractivity contribution in [1.29, 1.82) is 0 Å². The van der Waals surface area contributed by atoms with Gasteiger partial charge in [0.2, 0.25) is 0 Å². The Morgan fingerprint density at radius 2 is 2.07 bits per heavy atom. The smallest absolute Gasteiger partial charge is 0.335 e. The topological polar surface area (TPSA) is 49.3 Å². The van der Waals surface area contributed by atoms with Crippen molar-refractivity contribution in [2.24, 2.45) is 0 Å². The summed E-state index contributed by atoms with van der Waals surface area (Å²) >= 11 is 0. The van der Waals surface area contributed by atoms with Gasteiger partial charge in [-0.15, -0.1) is 0 Å². The maximum absolute atomic E-state index is 10.5. The van der Waals surface area contributed by atoms with Crippen LogP contribution in [0.3, 0.4) is 0 Å². The SMILES string of the molecule is CCC=CNc1ccc(C(=O)O)cc1. The second-order valence-corrected chi connectivity index (χ2v) is 2.84. The lowest BCUT2D eigenvalue weighted by Crippen LogP contribution is -1.95. The van der Waals surface area contributed by atoms with E-state index in [9.17, 15) is 4.79 Å². The van der Waals surface area contributed by atoms with Gasteiger partial charge in [-0.3, -0.25) is 0 Å². The van der Waals surface area contributed by atoms with Crippen molar-refractivity contribution in [3.63, 3.8) is 0 Å². The normalized spacial score (nSPS) is 10.4. The van der Waals surface area contributed by atoms with Crippen LogP contribution in [-0.2, 0) is 0 Å². The highest BCUT2D eigenvalue weighted by Gasteiger charge is 1.99. The van der Waals surface area contributed by atoms with E-state index in [4.69, 9.17) is 5.11 Å². The maximum atomic E-state index is 10.5. The summed E-state index contributed by atoms with van der Waals surface area (Å²) in [5, 5.41) is 11.7. The minimum absolute atomic E-state index is 0.301. The Kier molecular flexibility index (Phi) is 3.73. The number of aromatic carboxylic acids is 1. The Labute approximate surface area is 83.1 Å². The molecule has 0 fully saturated rings.